The van der Waals surface area contributed by atoms with Gasteiger partial charge in [0.05, 0.1) is 10.9 Å². The Kier molecular flexibility index (Phi) is 6.87. The number of sulfonamides is 1. The molecule has 1 saturated carbocycles. The maximum atomic E-state index is 13.0. The maximum Gasteiger partial charge on any atom is 0.573 e. The number of nitrogens with two attached hydrogens (primary N) is 1. The molecule has 2 N–H and O–H groups in total. The first-order chi connectivity index (χ1) is 14.4. The molecule has 0 radical (unpaired) electrons. The monoisotopic (exact) mass is 463 g/mol. The predicted octanol–water partition coefficient (Wildman–Crippen LogP) is 2.57. The van der Waals surface area contributed by atoms with Crippen LogP contribution in [0.4, 0.5) is 13.2 Å². The van der Waals surface area contributed by atoms with Crippen LogP contribution in [0.3, 0.4) is 0 Å². The van der Waals surface area contributed by atoms with E-state index < -0.39 is 28.2 Å². The lowest BCUT2D eigenvalue weighted by molar-refractivity contribution is -0.274. The topological polar surface area (TPSA) is 92.9 Å². The summed E-state index contributed by atoms with van der Waals surface area (Å²) in [7, 11) is -2.14. The molecule has 174 valence electrons. The number of ether oxygens (including phenoxy) is 1. The fraction of sp³-hybridized carbons (Fsp3) is 0.650. The number of hydrogen-bond acceptors (Lipinski definition) is 5. The molecule has 7 nitrogen and oxygen atoms in total. The lowest BCUT2D eigenvalue weighted by Crippen LogP contribution is -2.48. The van der Waals surface area contributed by atoms with Gasteiger partial charge in [-0.1, -0.05) is 13.3 Å². The fourth-order valence-electron chi connectivity index (χ4n) is 4.69. The van der Waals surface area contributed by atoms with E-state index in [4.69, 9.17) is 5.73 Å². The van der Waals surface area contributed by atoms with Crippen LogP contribution in [0.5, 0.6) is 5.75 Å². The number of amides is 1. The van der Waals surface area contributed by atoms with E-state index in [-0.39, 0.29) is 35.2 Å². The molecule has 0 spiro atoms. The second-order valence-electron chi connectivity index (χ2n) is 8.25. The number of alkyl halides is 3. The molecular formula is C20H28F3N3O4S. The number of carbonyl (C=O) groups is 1. The van der Waals surface area contributed by atoms with Gasteiger partial charge in [0.1, 0.15) is 5.75 Å². The summed E-state index contributed by atoms with van der Waals surface area (Å²) in [5.41, 5.74) is 5.98. The molecule has 1 saturated heterocycles. The van der Waals surface area contributed by atoms with Gasteiger partial charge >= 0.3 is 6.36 Å². The molecule has 4 atom stereocenters. The van der Waals surface area contributed by atoms with Gasteiger partial charge < -0.3 is 15.4 Å². The van der Waals surface area contributed by atoms with Crippen molar-refractivity contribution >= 4 is 15.9 Å². The molecular weight excluding hydrogens is 435 g/mol. The Balaban J connectivity index is 1.70. The summed E-state index contributed by atoms with van der Waals surface area (Å²) in [5.74, 6) is -0.474. The quantitative estimate of drug-likeness (QED) is 0.671. The summed E-state index contributed by atoms with van der Waals surface area (Å²) in [5, 5.41) is 0. The number of fused-ring (bicyclic) bond motifs is 1. The van der Waals surface area contributed by atoms with Crippen LogP contribution in [0.25, 0.3) is 0 Å². The van der Waals surface area contributed by atoms with Crippen molar-refractivity contribution in [2.75, 3.05) is 20.1 Å². The van der Waals surface area contributed by atoms with Crippen molar-refractivity contribution in [3.8, 4) is 5.75 Å². The second kappa shape index (κ2) is 8.95. The van der Waals surface area contributed by atoms with Crippen LogP contribution >= 0.6 is 0 Å². The number of likely N-dealkylation sites (N-methyl/N-ethyl adjacent to an activating group) is 1. The van der Waals surface area contributed by atoms with E-state index in [0.29, 0.717) is 13.0 Å². The van der Waals surface area contributed by atoms with Crippen LogP contribution in [0, 0.1) is 11.8 Å². The Morgan fingerprint density at radius 2 is 1.90 bits per heavy atom. The Labute approximate surface area is 180 Å². The van der Waals surface area contributed by atoms with E-state index in [1.54, 1.807) is 11.9 Å². The Hall–Kier alpha value is -1.85. The van der Waals surface area contributed by atoms with Crippen LogP contribution in [-0.2, 0) is 14.8 Å². The summed E-state index contributed by atoms with van der Waals surface area (Å²) < 4.78 is 68.2. The Morgan fingerprint density at radius 3 is 2.48 bits per heavy atom. The van der Waals surface area contributed by atoms with Crippen molar-refractivity contribution in [3.05, 3.63) is 24.3 Å². The van der Waals surface area contributed by atoms with Gasteiger partial charge in [-0.3, -0.25) is 4.79 Å². The fourth-order valence-corrected chi connectivity index (χ4v) is 6.23. The number of halogens is 3. The van der Waals surface area contributed by atoms with Crippen molar-refractivity contribution in [1.82, 2.24) is 9.21 Å². The first kappa shape index (κ1) is 23.8. The van der Waals surface area contributed by atoms with Crippen molar-refractivity contribution in [2.45, 2.75) is 55.9 Å². The second-order valence-corrected chi connectivity index (χ2v) is 10.2. The summed E-state index contributed by atoms with van der Waals surface area (Å²) in [6.45, 7) is 2.55. The highest BCUT2D eigenvalue weighted by Crippen LogP contribution is 2.42. The van der Waals surface area contributed by atoms with Crippen LogP contribution in [0.1, 0.15) is 32.6 Å². The van der Waals surface area contributed by atoms with Gasteiger partial charge in [-0.25, -0.2) is 8.42 Å². The molecule has 1 aliphatic carbocycles. The third kappa shape index (κ3) is 5.15. The zero-order valence-electron chi connectivity index (χ0n) is 17.5. The van der Waals surface area contributed by atoms with Gasteiger partial charge in [0.2, 0.25) is 15.9 Å². The van der Waals surface area contributed by atoms with Gasteiger partial charge in [-0.15, -0.1) is 13.2 Å². The highest BCUT2D eigenvalue weighted by atomic mass is 32.2. The largest absolute Gasteiger partial charge is 0.573 e. The standard InChI is InChI=1S/C20H28F3N3O4S/c1-3-4-17(24)19(27)25(2)18-10-5-13-11-26(12-16(13)18)31(28,29)15-8-6-14(7-9-15)30-20(21,22)23/h6-9,13,16-18H,3-5,10-12,24H2,1-2H3/t13-,16+,17+,18+/m1/s1. The van der Waals surface area contributed by atoms with Gasteiger partial charge in [-0.05, 0) is 55.4 Å². The highest BCUT2D eigenvalue weighted by molar-refractivity contribution is 7.89. The number of rotatable bonds is 7. The van der Waals surface area contributed by atoms with E-state index in [2.05, 4.69) is 4.74 Å². The first-order valence-corrected chi connectivity index (χ1v) is 11.8. The Morgan fingerprint density at radius 1 is 1.26 bits per heavy atom. The summed E-state index contributed by atoms with van der Waals surface area (Å²) in [4.78, 5) is 14.2. The molecule has 1 amide bonds. The van der Waals surface area contributed by atoms with Crippen molar-refractivity contribution < 1.29 is 31.1 Å². The summed E-state index contributed by atoms with van der Waals surface area (Å²) in [6, 6.07) is 3.56. The minimum atomic E-state index is -4.84. The van der Waals surface area contributed by atoms with E-state index >= 15 is 0 Å². The third-order valence-electron chi connectivity index (χ3n) is 6.24. The average Bonchev–Trinajstić information content (AvgIpc) is 3.27. The van der Waals surface area contributed by atoms with Crippen molar-refractivity contribution in [2.24, 2.45) is 17.6 Å². The molecule has 0 bridgehead atoms. The molecule has 0 aromatic heterocycles. The van der Waals surface area contributed by atoms with E-state index in [0.717, 1.165) is 43.5 Å². The van der Waals surface area contributed by atoms with Crippen molar-refractivity contribution in [1.29, 1.82) is 0 Å². The average molecular weight is 464 g/mol. The molecule has 3 rings (SSSR count). The molecule has 1 aromatic rings. The maximum absolute atomic E-state index is 13.0. The first-order valence-electron chi connectivity index (χ1n) is 10.3. The van der Waals surface area contributed by atoms with Crippen LogP contribution in [-0.4, -0.2) is 62.1 Å². The van der Waals surface area contributed by atoms with Crippen LogP contribution in [0.2, 0.25) is 0 Å². The normalized spacial score (nSPS) is 25.3. The molecule has 1 heterocycles. The minimum absolute atomic E-state index is 0.00499. The van der Waals surface area contributed by atoms with Crippen LogP contribution < -0.4 is 10.5 Å². The lowest BCUT2D eigenvalue weighted by Gasteiger charge is -2.31. The number of benzene rings is 1. The van der Waals surface area contributed by atoms with Gasteiger partial charge in [0.15, 0.2) is 0 Å². The zero-order chi connectivity index (χ0) is 23.0. The molecule has 1 aromatic carbocycles. The molecule has 31 heavy (non-hydrogen) atoms. The summed E-state index contributed by atoms with van der Waals surface area (Å²) in [6.07, 6.45) is -1.84. The zero-order valence-corrected chi connectivity index (χ0v) is 18.3. The van der Waals surface area contributed by atoms with Gasteiger partial charge in [0.25, 0.3) is 0 Å². The number of hydrogen-bond donors (Lipinski definition) is 1. The minimum Gasteiger partial charge on any atom is -0.406 e. The highest BCUT2D eigenvalue weighted by Gasteiger charge is 2.48. The Bertz CT molecular complexity index is 892. The number of nitrogens with zero attached hydrogens (tertiary/aromatic N) is 2. The molecule has 1 aliphatic heterocycles. The third-order valence-corrected chi connectivity index (χ3v) is 8.09. The van der Waals surface area contributed by atoms with Gasteiger partial charge in [-0.2, -0.15) is 4.31 Å². The number of carbonyl (C=O) groups excluding carboxylic acids is 1. The van der Waals surface area contributed by atoms with Crippen LogP contribution in [0.15, 0.2) is 29.2 Å². The van der Waals surface area contributed by atoms with E-state index in [1.165, 1.54) is 4.31 Å². The van der Waals surface area contributed by atoms with E-state index in [9.17, 15) is 26.4 Å². The molecule has 0 unspecified atom stereocenters. The molecule has 2 fully saturated rings. The molecule has 2 aliphatic rings. The molecule has 11 heteroatoms. The SMILES string of the molecule is CCC[C@H](N)C(=O)N(C)[C@H]1CC[C@@H]2CN(S(=O)(=O)c3ccc(OC(F)(F)F)cc3)C[C@@H]21. The summed E-state index contributed by atoms with van der Waals surface area (Å²) >= 11 is 0. The smallest absolute Gasteiger partial charge is 0.406 e. The predicted molar refractivity (Wildman–Crippen MR) is 108 cm³/mol. The van der Waals surface area contributed by atoms with Crippen molar-refractivity contribution in [3.63, 3.8) is 0 Å². The van der Waals surface area contributed by atoms with Gasteiger partial charge in [0, 0.05) is 26.2 Å². The van der Waals surface area contributed by atoms with E-state index in [1.807, 2.05) is 6.92 Å². The lowest BCUT2D eigenvalue weighted by atomic mass is 9.96.